The van der Waals surface area contributed by atoms with Gasteiger partial charge in [0.2, 0.25) is 0 Å². The molecule has 0 aliphatic carbocycles. The molecule has 8 heavy (non-hydrogen) atoms. The van der Waals surface area contributed by atoms with Crippen molar-refractivity contribution in [3.63, 3.8) is 0 Å². The van der Waals surface area contributed by atoms with E-state index in [-0.39, 0.29) is 0 Å². The molecular formula is C6H12BN. The summed E-state index contributed by atoms with van der Waals surface area (Å²) < 4.78 is 0. The van der Waals surface area contributed by atoms with E-state index in [4.69, 9.17) is 7.85 Å². The number of hydrogen-bond acceptors (Lipinski definition) is 1. The first-order valence-corrected chi connectivity index (χ1v) is 3.27. The average Bonchev–Trinajstić information content (AvgIpc) is 1.77. The maximum absolute atomic E-state index is 5.72. The van der Waals surface area contributed by atoms with Crippen molar-refractivity contribution >= 4 is 7.85 Å². The van der Waals surface area contributed by atoms with Gasteiger partial charge in [-0.25, -0.2) is 0 Å². The van der Waals surface area contributed by atoms with Crippen LogP contribution in [-0.2, 0) is 0 Å². The summed E-state index contributed by atoms with van der Waals surface area (Å²) in [6, 6.07) is 0. The van der Waals surface area contributed by atoms with E-state index in [0.29, 0.717) is 5.82 Å². The zero-order valence-corrected chi connectivity index (χ0v) is 5.35. The second-order valence-electron chi connectivity index (χ2n) is 2.63. The minimum atomic E-state index is 0.392. The Morgan fingerprint density at radius 1 is 1.62 bits per heavy atom. The summed E-state index contributed by atoms with van der Waals surface area (Å²) in [6.07, 6.45) is 1.24. The van der Waals surface area contributed by atoms with E-state index in [0.717, 1.165) is 19.0 Å². The Bertz CT molecular complexity index is 64.9. The molecule has 0 amide bonds. The zero-order chi connectivity index (χ0) is 5.98. The third-order valence-electron chi connectivity index (χ3n) is 1.89. The van der Waals surface area contributed by atoms with Crippen molar-refractivity contribution < 1.29 is 0 Å². The molecule has 0 spiro atoms. The molecule has 2 unspecified atom stereocenters. The highest BCUT2D eigenvalue weighted by Gasteiger charge is 2.14. The summed E-state index contributed by atoms with van der Waals surface area (Å²) in [4.78, 5) is 0. The van der Waals surface area contributed by atoms with Crippen LogP contribution < -0.4 is 5.32 Å². The Kier molecular flexibility index (Phi) is 1.95. The lowest BCUT2D eigenvalue weighted by atomic mass is 9.74. The molecule has 1 rings (SSSR count). The summed E-state index contributed by atoms with van der Waals surface area (Å²) in [7, 11) is 5.72. The normalized spacial score (nSPS) is 39.6. The summed E-state index contributed by atoms with van der Waals surface area (Å²) in [5, 5.41) is 3.24. The van der Waals surface area contributed by atoms with Crippen LogP contribution in [0.3, 0.4) is 0 Å². The minimum Gasteiger partial charge on any atom is -0.317 e. The molecule has 44 valence electrons. The second kappa shape index (κ2) is 2.54. The Hall–Kier alpha value is 0.0249. The molecule has 0 aromatic carbocycles. The van der Waals surface area contributed by atoms with Gasteiger partial charge in [-0.05, 0) is 25.4 Å². The summed E-state index contributed by atoms with van der Waals surface area (Å²) >= 11 is 0. The highest BCUT2D eigenvalue weighted by atomic mass is 14.9. The summed E-state index contributed by atoms with van der Waals surface area (Å²) in [6.45, 7) is 4.36. The maximum Gasteiger partial charge on any atom is 0.0720 e. The van der Waals surface area contributed by atoms with E-state index >= 15 is 0 Å². The number of nitrogens with one attached hydrogen (secondary N) is 1. The molecule has 2 heteroatoms. The molecule has 0 aromatic heterocycles. The molecule has 0 saturated carbocycles. The largest absolute Gasteiger partial charge is 0.317 e. The topological polar surface area (TPSA) is 12.0 Å². The van der Waals surface area contributed by atoms with Gasteiger partial charge in [0.05, 0.1) is 7.85 Å². The highest BCUT2D eigenvalue weighted by molar-refractivity contribution is 6.12. The van der Waals surface area contributed by atoms with Gasteiger partial charge in [-0.1, -0.05) is 12.7 Å². The first kappa shape index (κ1) is 6.15. The Morgan fingerprint density at radius 2 is 2.38 bits per heavy atom. The maximum atomic E-state index is 5.72. The van der Waals surface area contributed by atoms with Gasteiger partial charge in [-0.3, -0.25) is 0 Å². The highest BCUT2D eigenvalue weighted by Crippen LogP contribution is 2.19. The van der Waals surface area contributed by atoms with Gasteiger partial charge < -0.3 is 5.32 Å². The molecule has 1 aliphatic heterocycles. The van der Waals surface area contributed by atoms with Crippen LogP contribution in [0.1, 0.15) is 13.3 Å². The predicted octanol–water partition coefficient (Wildman–Crippen LogP) is 0.573. The van der Waals surface area contributed by atoms with Gasteiger partial charge in [0.1, 0.15) is 0 Å². The van der Waals surface area contributed by atoms with E-state index < -0.39 is 0 Å². The van der Waals surface area contributed by atoms with Crippen LogP contribution in [0.2, 0.25) is 5.82 Å². The standard InChI is InChI=1S/C6H12BN/c1-5-2-3-8-4-6(5)7/h5-6,8H,2-4H2,1H3. The first-order chi connectivity index (χ1) is 3.80. The van der Waals surface area contributed by atoms with Crippen LogP contribution in [0.4, 0.5) is 0 Å². The van der Waals surface area contributed by atoms with Gasteiger partial charge in [0.25, 0.3) is 0 Å². The van der Waals surface area contributed by atoms with E-state index in [1.54, 1.807) is 0 Å². The van der Waals surface area contributed by atoms with Crippen molar-refractivity contribution in [2.75, 3.05) is 13.1 Å². The quantitative estimate of drug-likeness (QED) is 0.448. The molecule has 1 aliphatic rings. The molecule has 0 aromatic rings. The molecule has 2 atom stereocenters. The van der Waals surface area contributed by atoms with Crippen molar-refractivity contribution in [3.8, 4) is 0 Å². The van der Waals surface area contributed by atoms with Crippen molar-refractivity contribution in [2.45, 2.75) is 19.2 Å². The molecule has 2 radical (unpaired) electrons. The molecular weight excluding hydrogens is 96.9 g/mol. The predicted molar refractivity (Wildman–Crippen MR) is 36.2 cm³/mol. The van der Waals surface area contributed by atoms with Crippen LogP contribution in [0.25, 0.3) is 0 Å². The third kappa shape index (κ3) is 1.25. The van der Waals surface area contributed by atoms with Crippen LogP contribution in [-0.4, -0.2) is 20.9 Å². The number of rotatable bonds is 0. The van der Waals surface area contributed by atoms with E-state index in [9.17, 15) is 0 Å². The summed E-state index contributed by atoms with van der Waals surface area (Å²) in [5.74, 6) is 1.11. The smallest absolute Gasteiger partial charge is 0.0720 e. The van der Waals surface area contributed by atoms with E-state index in [1.807, 2.05) is 0 Å². The van der Waals surface area contributed by atoms with Crippen LogP contribution >= 0.6 is 0 Å². The molecule has 1 nitrogen and oxygen atoms in total. The average molecular weight is 109 g/mol. The molecule has 1 fully saturated rings. The van der Waals surface area contributed by atoms with Gasteiger partial charge in [0, 0.05) is 0 Å². The fourth-order valence-corrected chi connectivity index (χ4v) is 1.01. The molecule has 1 N–H and O–H groups in total. The van der Waals surface area contributed by atoms with Crippen molar-refractivity contribution in [1.29, 1.82) is 0 Å². The lowest BCUT2D eigenvalue weighted by Gasteiger charge is -2.26. The van der Waals surface area contributed by atoms with Gasteiger partial charge >= 0.3 is 0 Å². The van der Waals surface area contributed by atoms with Crippen LogP contribution in [0, 0.1) is 5.92 Å². The minimum absolute atomic E-state index is 0.392. The Labute approximate surface area is 52.3 Å². The lowest BCUT2D eigenvalue weighted by Crippen LogP contribution is -2.31. The molecule has 1 heterocycles. The van der Waals surface area contributed by atoms with Crippen molar-refractivity contribution in [3.05, 3.63) is 0 Å². The van der Waals surface area contributed by atoms with E-state index in [1.165, 1.54) is 6.42 Å². The Morgan fingerprint density at radius 3 is 2.75 bits per heavy atom. The molecule has 0 bridgehead atoms. The van der Waals surface area contributed by atoms with Gasteiger partial charge in [0.15, 0.2) is 0 Å². The first-order valence-electron chi connectivity index (χ1n) is 3.27. The van der Waals surface area contributed by atoms with Gasteiger partial charge in [-0.15, -0.1) is 0 Å². The van der Waals surface area contributed by atoms with Crippen molar-refractivity contribution in [2.24, 2.45) is 5.92 Å². The van der Waals surface area contributed by atoms with E-state index in [2.05, 4.69) is 12.2 Å². The van der Waals surface area contributed by atoms with Crippen LogP contribution in [0.5, 0.6) is 0 Å². The van der Waals surface area contributed by atoms with Crippen molar-refractivity contribution in [1.82, 2.24) is 5.32 Å². The van der Waals surface area contributed by atoms with Gasteiger partial charge in [-0.2, -0.15) is 0 Å². The molecule has 1 saturated heterocycles. The third-order valence-corrected chi connectivity index (χ3v) is 1.89. The SMILES string of the molecule is [B]C1CNCCC1C. The number of hydrogen-bond donors (Lipinski definition) is 1. The number of piperidine rings is 1. The Balaban J connectivity index is 2.28. The monoisotopic (exact) mass is 109 g/mol. The lowest BCUT2D eigenvalue weighted by molar-refractivity contribution is 0.402. The zero-order valence-electron chi connectivity index (χ0n) is 5.35. The fourth-order valence-electron chi connectivity index (χ4n) is 1.01. The van der Waals surface area contributed by atoms with Crippen LogP contribution in [0.15, 0.2) is 0 Å². The summed E-state index contributed by atoms with van der Waals surface area (Å²) in [5.41, 5.74) is 0. The second-order valence-corrected chi connectivity index (χ2v) is 2.63. The fraction of sp³-hybridized carbons (Fsp3) is 1.00.